The molecule has 212 valence electrons. The fourth-order valence-corrected chi connectivity index (χ4v) is 4.85. The predicted molar refractivity (Wildman–Crippen MR) is 146 cm³/mol. The first-order chi connectivity index (χ1) is 19.4. The van der Waals surface area contributed by atoms with Crippen molar-refractivity contribution in [1.82, 2.24) is 5.06 Å². The second-order valence-corrected chi connectivity index (χ2v) is 10.1. The van der Waals surface area contributed by atoms with Crippen LogP contribution in [0.25, 0.3) is 5.57 Å². The number of fused-ring (bicyclic) bond motifs is 1. The molecule has 0 unspecified atom stereocenters. The fraction of sp³-hybridized carbons (Fsp3) is 0.357. The number of hydrogen-bond acceptors (Lipinski definition) is 11. The van der Waals surface area contributed by atoms with E-state index in [1.54, 1.807) is 0 Å². The summed E-state index contributed by atoms with van der Waals surface area (Å²) in [6, 6.07) is 9.29. The van der Waals surface area contributed by atoms with Crippen molar-refractivity contribution in [2.24, 2.45) is 10.2 Å². The number of ether oxygens (including phenoxy) is 1. The maximum Gasteiger partial charge on any atom is 0.333 e. The minimum atomic E-state index is -0.660. The summed E-state index contributed by atoms with van der Waals surface area (Å²) in [5.41, 5.74) is 2.63. The Labute approximate surface area is 235 Å². The predicted octanol–water partition coefficient (Wildman–Crippen LogP) is 5.28. The number of nitro benzene ring substituents is 1. The van der Waals surface area contributed by atoms with Crippen LogP contribution in [0.15, 0.2) is 46.6 Å². The Kier molecular flexibility index (Phi) is 8.13. The zero-order valence-electron chi connectivity index (χ0n) is 23.0. The summed E-state index contributed by atoms with van der Waals surface area (Å²) >= 11 is 0. The van der Waals surface area contributed by atoms with Gasteiger partial charge in [-0.15, -0.1) is 15.3 Å². The Morgan fingerprint density at radius 3 is 2.46 bits per heavy atom. The Hall–Kier alpha value is -5.12. The number of imide groups is 1. The van der Waals surface area contributed by atoms with Crippen LogP contribution in [-0.4, -0.2) is 47.0 Å². The van der Waals surface area contributed by atoms with Crippen LogP contribution in [0.4, 0.5) is 22.7 Å². The van der Waals surface area contributed by atoms with Gasteiger partial charge in [-0.05, 0) is 44.9 Å². The molecule has 2 aromatic carbocycles. The molecule has 1 fully saturated rings. The third kappa shape index (κ3) is 6.06. The highest BCUT2D eigenvalue weighted by Crippen LogP contribution is 2.45. The van der Waals surface area contributed by atoms with Gasteiger partial charge in [0.25, 0.3) is 17.5 Å². The number of methoxy groups -OCH3 is 1. The molecule has 0 aliphatic carbocycles. The molecule has 13 nitrogen and oxygen atoms in total. The summed E-state index contributed by atoms with van der Waals surface area (Å²) in [5, 5.41) is 29.5. The molecule has 1 saturated heterocycles. The molecule has 0 spiro atoms. The number of benzene rings is 2. The average molecular weight is 561 g/mol. The first-order valence-electron chi connectivity index (χ1n) is 12.8. The molecule has 41 heavy (non-hydrogen) atoms. The van der Waals surface area contributed by atoms with Gasteiger partial charge >= 0.3 is 5.97 Å². The number of hydrogen-bond donors (Lipinski definition) is 0. The molecule has 13 heteroatoms. The van der Waals surface area contributed by atoms with E-state index in [9.17, 15) is 29.8 Å². The van der Waals surface area contributed by atoms with Crippen molar-refractivity contribution < 1.29 is 28.9 Å². The van der Waals surface area contributed by atoms with Crippen LogP contribution in [-0.2, 0) is 19.2 Å². The van der Waals surface area contributed by atoms with E-state index in [4.69, 9.17) is 9.57 Å². The summed E-state index contributed by atoms with van der Waals surface area (Å²) < 4.78 is 5.60. The number of nitriles is 1. The third-order valence-corrected chi connectivity index (χ3v) is 6.82. The number of non-ortho nitro benzene ring substituents is 1. The number of anilines is 1. The van der Waals surface area contributed by atoms with Crippen LogP contribution in [0.2, 0.25) is 0 Å². The second kappa shape index (κ2) is 11.5. The van der Waals surface area contributed by atoms with Gasteiger partial charge < -0.3 is 14.5 Å². The molecule has 0 atom stereocenters. The number of carbonyl (C=O) groups is 3. The highest BCUT2D eigenvalue weighted by atomic mass is 16.7. The molecule has 4 rings (SSSR count). The summed E-state index contributed by atoms with van der Waals surface area (Å²) in [4.78, 5) is 53.3. The Balaban J connectivity index is 1.57. The van der Waals surface area contributed by atoms with Crippen LogP contribution in [0.1, 0.15) is 57.6 Å². The van der Waals surface area contributed by atoms with Gasteiger partial charge in [0, 0.05) is 55.3 Å². The van der Waals surface area contributed by atoms with E-state index in [2.05, 4.69) is 21.2 Å². The number of amides is 2. The van der Waals surface area contributed by atoms with Crippen molar-refractivity contribution in [1.29, 1.82) is 5.26 Å². The Morgan fingerprint density at radius 1 is 1.15 bits per heavy atom. The van der Waals surface area contributed by atoms with E-state index in [1.165, 1.54) is 19.2 Å². The monoisotopic (exact) mass is 560 g/mol. The standard InChI is InChI=1S/C28H28N6O7/c1-17-15-28(2,3)32(11-5-6-27(37)41-33-25(35)9-10-26(33)36)23-14-24(40-4)22(13-20(17)23)31-30-21-8-7-19(34(38)39)12-18(21)16-29/h7-8,12-15H,5-6,9-11H2,1-4H3/b31-30+. The number of azo groups is 1. The lowest BCUT2D eigenvalue weighted by Crippen LogP contribution is -2.45. The van der Waals surface area contributed by atoms with Crippen LogP contribution >= 0.6 is 0 Å². The quantitative estimate of drug-likeness (QED) is 0.171. The number of rotatable bonds is 9. The molecule has 2 heterocycles. The van der Waals surface area contributed by atoms with Crippen molar-refractivity contribution in [2.45, 2.75) is 52.0 Å². The number of allylic oxidation sites excluding steroid dienone is 1. The molecule has 0 radical (unpaired) electrons. The van der Waals surface area contributed by atoms with Crippen molar-refractivity contribution in [3.8, 4) is 11.8 Å². The number of nitro groups is 1. The van der Waals surface area contributed by atoms with Crippen LogP contribution in [0, 0.1) is 21.4 Å². The molecule has 0 bridgehead atoms. The number of hydroxylamine groups is 2. The van der Waals surface area contributed by atoms with E-state index in [1.807, 2.05) is 39.0 Å². The van der Waals surface area contributed by atoms with Crippen LogP contribution in [0.3, 0.4) is 0 Å². The van der Waals surface area contributed by atoms with E-state index in [0.29, 0.717) is 29.5 Å². The minimum Gasteiger partial charge on any atom is -0.494 e. The summed E-state index contributed by atoms with van der Waals surface area (Å²) in [7, 11) is 1.49. The highest BCUT2D eigenvalue weighted by Gasteiger charge is 2.34. The summed E-state index contributed by atoms with van der Waals surface area (Å²) in [6.45, 7) is 6.50. The van der Waals surface area contributed by atoms with E-state index in [0.717, 1.165) is 22.9 Å². The molecule has 2 amide bonds. The van der Waals surface area contributed by atoms with Gasteiger partial charge in [0.15, 0.2) is 0 Å². The van der Waals surface area contributed by atoms with Crippen molar-refractivity contribution in [3.05, 3.63) is 57.6 Å². The van der Waals surface area contributed by atoms with E-state index >= 15 is 0 Å². The maximum atomic E-state index is 12.3. The second-order valence-electron chi connectivity index (χ2n) is 10.1. The normalized spacial score (nSPS) is 15.9. The van der Waals surface area contributed by atoms with Crippen LogP contribution in [0.5, 0.6) is 5.75 Å². The van der Waals surface area contributed by atoms with E-state index in [-0.39, 0.29) is 36.2 Å². The average Bonchev–Trinajstić information content (AvgIpc) is 3.24. The fourth-order valence-electron chi connectivity index (χ4n) is 4.85. The molecular weight excluding hydrogens is 532 g/mol. The molecule has 0 saturated carbocycles. The van der Waals surface area contributed by atoms with Gasteiger partial charge in [0.2, 0.25) is 0 Å². The molecule has 0 aromatic heterocycles. The van der Waals surface area contributed by atoms with Gasteiger partial charge in [-0.3, -0.25) is 19.7 Å². The SMILES string of the molecule is COc1cc2c(cc1/N=N/c1ccc([N+](=O)[O-])cc1C#N)C(C)=CC(C)(C)N2CCCC(=O)ON1C(=O)CCC1=O. The Bertz CT molecular complexity index is 1520. The molecule has 0 N–H and O–H groups in total. The summed E-state index contributed by atoms with van der Waals surface area (Å²) in [6.07, 6.45) is 2.56. The van der Waals surface area contributed by atoms with Gasteiger partial charge in [0.1, 0.15) is 23.2 Å². The maximum absolute atomic E-state index is 12.3. The smallest absolute Gasteiger partial charge is 0.333 e. The first kappa shape index (κ1) is 28.9. The largest absolute Gasteiger partial charge is 0.494 e. The van der Waals surface area contributed by atoms with Crippen molar-refractivity contribution in [2.75, 3.05) is 18.6 Å². The zero-order chi connectivity index (χ0) is 29.9. The number of nitrogens with zero attached hydrogens (tertiary/aromatic N) is 6. The lowest BCUT2D eigenvalue weighted by atomic mass is 9.88. The van der Waals surface area contributed by atoms with Gasteiger partial charge in [-0.25, -0.2) is 4.79 Å². The summed E-state index contributed by atoms with van der Waals surface area (Å²) in [5.74, 6) is -1.29. The zero-order valence-corrected chi connectivity index (χ0v) is 23.0. The Morgan fingerprint density at radius 2 is 1.83 bits per heavy atom. The van der Waals surface area contributed by atoms with Gasteiger partial charge in [-0.2, -0.15) is 5.26 Å². The molecule has 2 aliphatic heterocycles. The highest BCUT2D eigenvalue weighted by molar-refractivity contribution is 6.01. The topological polar surface area (TPSA) is 168 Å². The molecule has 2 aromatic rings. The van der Waals surface area contributed by atoms with Crippen LogP contribution < -0.4 is 9.64 Å². The van der Waals surface area contributed by atoms with E-state index < -0.39 is 28.2 Å². The van der Waals surface area contributed by atoms with Crippen molar-refractivity contribution >= 4 is 46.1 Å². The minimum absolute atomic E-state index is 0.00155. The lowest BCUT2D eigenvalue weighted by molar-refractivity contribution is -0.384. The number of carbonyl (C=O) groups excluding carboxylic acids is 3. The van der Waals surface area contributed by atoms with Crippen molar-refractivity contribution in [3.63, 3.8) is 0 Å². The lowest BCUT2D eigenvalue weighted by Gasteiger charge is -2.43. The first-order valence-corrected chi connectivity index (χ1v) is 12.8. The third-order valence-electron chi connectivity index (χ3n) is 6.82. The van der Waals surface area contributed by atoms with Gasteiger partial charge in [0.05, 0.1) is 23.1 Å². The molecule has 2 aliphatic rings. The molecular formula is C28H28N6O7. The van der Waals surface area contributed by atoms with Gasteiger partial charge in [-0.1, -0.05) is 6.08 Å².